The van der Waals surface area contributed by atoms with Crippen LogP contribution in [0.1, 0.15) is 36.2 Å². The van der Waals surface area contributed by atoms with Crippen LogP contribution in [-0.2, 0) is 0 Å². The minimum Gasteiger partial charge on any atom is -0.507 e. The number of rotatable bonds is 3. The first-order valence-corrected chi connectivity index (χ1v) is 4.66. The van der Waals surface area contributed by atoms with Crippen LogP contribution in [0.2, 0.25) is 0 Å². The number of aldehydes is 1. The van der Waals surface area contributed by atoms with Crippen molar-refractivity contribution in [3.05, 3.63) is 35.4 Å². The van der Waals surface area contributed by atoms with Crippen molar-refractivity contribution < 1.29 is 9.90 Å². The van der Waals surface area contributed by atoms with Gasteiger partial charge in [0.1, 0.15) is 5.75 Å². The van der Waals surface area contributed by atoms with E-state index < -0.39 is 0 Å². The molecular weight excluding hydrogens is 176 g/mol. The van der Waals surface area contributed by atoms with E-state index in [9.17, 15) is 9.90 Å². The summed E-state index contributed by atoms with van der Waals surface area (Å²) in [6.07, 6.45) is 3.60. The van der Waals surface area contributed by atoms with Gasteiger partial charge >= 0.3 is 0 Å². The zero-order valence-corrected chi connectivity index (χ0v) is 8.45. The van der Waals surface area contributed by atoms with E-state index in [-0.39, 0.29) is 5.75 Å². The summed E-state index contributed by atoms with van der Waals surface area (Å²) >= 11 is 0. The molecule has 0 bridgehead atoms. The average molecular weight is 190 g/mol. The van der Waals surface area contributed by atoms with Gasteiger partial charge in [-0.05, 0) is 36.6 Å². The van der Waals surface area contributed by atoms with Crippen LogP contribution in [0.25, 0.3) is 5.57 Å². The van der Waals surface area contributed by atoms with Crippen LogP contribution in [0.4, 0.5) is 0 Å². The highest BCUT2D eigenvalue weighted by atomic mass is 16.3. The number of carbonyl (C=O) groups is 1. The second-order valence-electron chi connectivity index (χ2n) is 3.06. The highest BCUT2D eigenvalue weighted by Crippen LogP contribution is 2.23. The number of hydrogen-bond donors (Lipinski definition) is 1. The van der Waals surface area contributed by atoms with E-state index in [0.717, 1.165) is 12.0 Å². The normalized spacial score (nSPS) is 11.4. The Morgan fingerprint density at radius 1 is 1.50 bits per heavy atom. The second-order valence-corrected chi connectivity index (χ2v) is 3.06. The fourth-order valence-electron chi connectivity index (χ4n) is 1.42. The molecule has 0 aliphatic carbocycles. The first-order chi connectivity index (χ1) is 6.72. The summed E-state index contributed by atoms with van der Waals surface area (Å²) in [7, 11) is 0. The maximum Gasteiger partial charge on any atom is 0.153 e. The number of hydrogen-bond acceptors (Lipinski definition) is 2. The molecule has 0 radical (unpaired) electrons. The van der Waals surface area contributed by atoms with Gasteiger partial charge in [-0.3, -0.25) is 4.79 Å². The Morgan fingerprint density at radius 3 is 2.71 bits per heavy atom. The molecule has 0 unspecified atom stereocenters. The van der Waals surface area contributed by atoms with Gasteiger partial charge in [0.15, 0.2) is 6.29 Å². The van der Waals surface area contributed by atoms with Gasteiger partial charge in [-0.1, -0.05) is 19.1 Å². The molecule has 0 heterocycles. The largest absolute Gasteiger partial charge is 0.507 e. The molecule has 1 aromatic carbocycles. The molecule has 0 saturated carbocycles. The van der Waals surface area contributed by atoms with Crippen LogP contribution >= 0.6 is 0 Å². The standard InChI is InChI=1S/C12H14O2/c1-3-9(4-2)10-5-6-12(14)11(7-10)8-13/h3,5-8,14H,4H2,1-2H3. The van der Waals surface area contributed by atoms with Crippen LogP contribution in [0.15, 0.2) is 24.3 Å². The SMILES string of the molecule is CC=C(CC)c1ccc(O)c(C=O)c1. The summed E-state index contributed by atoms with van der Waals surface area (Å²) in [6, 6.07) is 5.08. The van der Waals surface area contributed by atoms with E-state index in [0.29, 0.717) is 11.8 Å². The van der Waals surface area contributed by atoms with Gasteiger partial charge in [0, 0.05) is 0 Å². The van der Waals surface area contributed by atoms with Crippen LogP contribution < -0.4 is 0 Å². The molecule has 0 aromatic heterocycles. The Kier molecular flexibility index (Phi) is 3.46. The van der Waals surface area contributed by atoms with Crippen molar-refractivity contribution >= 4 is 11.9 Å². The van der Waals surface area contributed by atoms with Gasteiger partial charge in [0.05, 0.1) is 5.56 Å². The van der Waals surface area contributed by atoms with Gasteiger partial charge in [-0.15, -0.1) is 0 Å². The molecule has 0 amide bonds. The molecule has 2 nitrogen and oxygen atoms in total. The summed E-state index contributed by atoms with van der Waals surface area (Å²) in [4.78, 5) is 10.6. The zero-order chi connectivity index (χ0) is 10.6. The molecule has 0 spiro atoms. The third-order valence-corrected chi connectivity index (χ3v) is 2.25. The molecule has 1 N–H and O–H groups in total. The molecule has 74 valence electrons. The summed E-state index contributed by atoms with van der Waals surface area (Å²) in [5, 5.41) is 9.31. The van der Waals surface area contributed by atoms with Crippen LogP contribution in [0.5, 0.6) is 5.75 Å². The molecule has 0 atom stereocenters. The first kappa shape index (κ1) is 10.5. The zero-order valence-electron chi connectivity index (χ0n) is 8.45. The fraction of sp³-hybridized carbons (Fsp3) is 0.250. The molecule has 0 aliphatic heterocycles. The predicted octanol–water partition coefficient (Wildman–Crippen LogP) is 3.02. The van der Waals surface area contributed by atoms with E-state index in [4.69, 9.17) is 0 Å². The van der Waals surface area contributed by atoms with E-state index in [1.165, 1.54) is 5.57 Å². The first-order valence-electron chi connectivity index (χ1n) is 4.66. The summed E-state index contributed by atoms with van der Waals surface area (Å²) in [6.45, 7) is 4.02. The van der Waals surface area contributed by atoms with Crippen LogP contribution in [0.3, 0.4) is 0 Å². The topological polar surface area (TPSA) is 37.3 Å². The quantitative estimate of drug-likeness (QED) is 0.744. The minimum atomic E-state index is 0.0373. The van der Waals surface area contributed by atoms with Gasteiger partial charge in [0.25, 0.3) is 0 Å². The minimum absolute atomic E-state index is 0.0373. The van der Waals surface area contributed by atoms with Gasteiger partial charge in [-0.2, -0.15) is 0 Å². The maximum absolute atomic E-state index is 10.6. The molecule has 14 heavy (non-hydrogen) atoms. The molecule has 2 heteroatoms. The lowest BCUT2D eigenvalue weighted by Gasteiger charge is -2.05. The highest BCUT2D eigenvalue weighted by molar-refractivity contribution is 5.82. The number of aromatic hydroxyl groups is 1. The Morgan fingerprint density at radius 2 is 2.21 bits per heavy atom. The van der Waals surface area contributed by atoms with Crippen LogP contribution in [0, 0.1) is 0 Å². The Bertz CT molecular complexity index is 365. The Hall–Kier alpha value is -1.57. The van der Waals surface area contributed by atoms with E-state index in [1.807, 2.05) is 19.1 Å². The van der Waals surface area contributed by atoms with E-state index in [2.05, 4.69) is 6.92 Å². The van der Waals surface area contributed by atoms with Gasteiger partial charge in [0.2, 0.25) is 0 Å². The van der Waals surface area contributed by atoms with Gasteiger partial charge < -0.3 is 5.11 Å². The molecule has 0 saturated heterocycles. The maximum atomic E-state index is 10.6. The Labute approximate surface area is 83.9 Å². The molecule has 0 aliphatic rings. The average Bonchev–Trinajstić information content (AvgIpc) is 2.22. The van der Waals surface area contributed by atoms with Crippen molar-refractivity contribution in [2.24, 2.45) is 0 Å². The third-order valence-electron chi connectivity index (χ3n) is 2.25. The molecular formula is C12H14O2. The summed E-state index contributed by atoms with van der Waals surface area (Å²) in [5.74, 6) is 0.0373. The van der Waals surface area contributed by atoms with Crippen LogP contribution in [-0.4, -0.2) is 11.4 Å². The van der Waals surface area contributed by atoms with Gasteiger partial charge in [-0.25, -0.2) is 0 Å². The van der Waals surface area contributed by atoms with Crippen molar-refractivity contribution in [3.8, 4) is 5.75 Å². The molecule has 0 fully saturated rings. The summed E-state index contributed by atoms with van der Waals surface area (Å²) < 4.78 is 0. The smallest absolute Gasteiger partial charge is 0.153 e. The van der Waals surface area contributed by atoms with Crippen molar-refractivity contribution in [3.63, 3.8) is 0 Å². The van der Waals surface area contributed by atoms with Crippen molar-refractivity contribution in [1.29, 1.82) is 0 Å². The lowest BCUT2D eigenvalue weighted by atomic mass is 10.0. The van der Waals surface area contributed by atoms with E-state index in [1.54, 1.807) is 12.1 Å². The summed E-state index contributed by atoms with van der Waals surface area (Å²) in [5.41, 5.74) is 2.51. The van der Waals surface area contributed by atoms with Crippen molar-refractivity contribution in [2.75, 3.05) is 0 Å². The fourth-order valence-corrected chi connectivity index (χ4v) is 1.42. The van der Waals surface area contributed by atoms with Crippen molar-refractivity contribution in [2.45, 2.75) is 20.3 Å². The van der Waals surface area contributed by atoms with Crippen molar-refractivity contribution in [1.82, 2.24) is 0 Å². The molecule has 1 rings (SSSR count). The lowest BCUT2D eigenvalue weighted by molar-refractivity contribution is 0.112. The van der Waals surface area contributed by atoms with E-state index >= 15 is 0 Å². The number of allylic oxidation sites excluding steroid dienone is 2. The number of benzene rings is 1. The lowest BCUT2D eigenvalue weighted by Crippen LogP contribution is -1.87. The monoisotopic (exact) mass is 190 g/mol. The molecule has 1 aromatic rings. The second kappa shape index (κ2) is 4.61. The third kappa shape index (κ3) is 2.02. The highest BCUT2D eigenvalue weighted by Gasteiger charge is 2.03. The number of phenolic OH excluding ortho intramolecular Hbond substituents is 1. The predicted molar refractivity (Wildman–Crippen MR) is 57.4 cm³/mol. The number of phenols is 1. The Balaban J connectivity index is 3.18. The number of carbonyl (C=O) groups excluding carboxylic acids is 1.